The van der Waals surface area contributed by atoms with Crippen LogP contribution in [0, 0.1) is 0 Å². The van der Waals surface area contributed by atoms with Crippen molar-refractivity contribution < 1.29 is 110 Å². The highest BCUT2D eigenvalue weighted by molar-refractivity contribution is 7.79. The minimum Gasteiger partial charge on any atom is -0.680 e. The van der Waals surface area contributed by atoms with Crippen LogP contribution in [0.3, 0.4) is 0 Å². The van der Waals surface area contributed by atoms with Gasteiger partial charge in [-0.3, -0.25) is 28.8 Å². The summed E-state index contributed by atoms with van der Waals surface area (Å²) < 4.78 is 70.7. The molecule has 0 saturated carbocycles. The number of carbonyl (C=O) groups is 8. The average Bonchev–Trinajstić information content (AvgIpc) is 3.43. The van der Waals surface area contributed by atoms with E-state index in [2.05, 4.69) is 76.3 Å². The minimum absolute atomic E-state index is 0.135. The number of nitrogens with two attached hydrogens (primary N) is 1. The molecule has 0 rings (SSSR count). The molecule has 29 nitrogen and oxygen atoms in total. The number of aliphatic hydroxyl groups is 2. The fourth-order valence-corrected chi connectivity index (χ4v) is 4.57. The Morgan fingerprint density at radius 3 is 1.09 bits per heavy atom. The Labute approximate surface area is 483 Å². The first kappa shape index (κ1) is 80.8. The number of ether oxygens (including phenoxy) is 13. The molecular formula is C44H79B3N6O23S3-2. The van der Waals surface area contributed by atoms with E-state index in [0.29, 0.717) is 71.6 Å². The molecule has 79 heavy (non-hydrogen) atoms. The van der Waals surface area contributed by atoms with Crippen LogP contribution in [-0.4, -0.2) is 278 Å². The number of esters is 3. The van der Waals surface area contributed by atoms with Crippen LogP contribution in [0.5, 0.6) is 0 Å². The third-order valence-electron chi connectivity index (χ3n) is 8.11. The molecule has 0 heterocycles. The summed E-state index contributed by atoms with van der Waals surface area (Å²) in [7, 11) is 18.6. The number of amides is 5. The zero-order valence-electron chi connectivity index (χ0n) is 46.3. The van der Waals surface area contributed by atoms with E-state index >= 15 is 0 Å². The Bertz CT molecular complexity index is 1520. The van der Waals surface area contributed by atoms with E-state index in [4.69, 9.17) is 88.0 Å². The third kappa shape index (κ3) is 73.3. The lowest BCUT2D eigenvalue weighted by Gasteiger charge is -2.23. The number of hydrogen-bond donors (Lipinski definition) is 9. The molecule has 5 amide bonds. The molecule has 452 valence electrons. The summed E-state index contributed by atoms with van der Waals surface area (Å²) in [5, 5.41) is 29.2. The van der Waals surface area contributed by atoms with Gasteiger partial charge >= 0.3 is 30.1 Å². The van der Waals surface area contributed by atoms with Gasteiger partial charge in [0.2, 0.25) is 0 Å². The molecule has 0 aliphatic carbocycles. The number of nitrogens with one attached hydrogen (secondary N) is 5. The van der Waals surface area contributed by atoms with Crippen molar-refractivity contribution in [1.29, 1.82) is 1.12 Å². The van der Waals surface area contributed by atoms with Gasteiger partial charge in [0.15, 0.2) is 41.0 Å². The second-order valence-corrected chi connectivity index (χ2v) is 14.6. The highest BCUT2D eigenvalue weighted by Crippen LogP contribution is 2.02. The first-order valence-electron chi connectivity index (χ1n) is 24.4. The maximum absolute atomic E-state index is 11.9. The van der Waals surface area contributed by atoms with Gasteiger partial charge in [0.1, 0.15) is 32.6 Å². The lowest BCUT2D eigenvalue weighted by Crippen LogP contribution is -2.36. The zero-order chi connectivity index (χ0) is 61.3. The minimum atomic E-state index is -0.790. The second kappa shape index (κ2) is 67.6. The molecule has 9 N–H and O–H groups in total. The molecule has 0 bridgehead atoms. The summed E-state index contributed by atoms with van der Waals surface area (Å²) in [6.07, 6.45) is 0.751. The highest BCUT2D eigenvalue weighted by Gasteiger charge is 2.16. The largest absolute Gasteiger partial charge is 0.680 e. The van der Waals surface area contributed by atoms with Crippen LogP contribution >= 0.6 is 37.0 Å². The van der Waals surface area contributed by atoms with Gasteiger partial charge in [-0.05, 0) is 25.5 Å². The molecule has 0 atom stereocenters. The number of thiocarbonyl (C=S) groups is 2. The van der Waals surface area contributed by atoms with Crippen LogP contribution in [0.1, 0.15) is 38.5 Å². The summed E-state index contributed by atoms with van der Waals surface area (Å²) in [6.45, 7) is 3.92. The van der Waals surface area contributed by atoms with Gasteiger partial charge in [-0.25, -0.2) is 20.7 Å². The van der Waals surface area contributed by atoms with Crippen molar-refractivity contribution in [2.45, 2.75) is 56.8 Å². The first-order valence-corrected chi connectivity index (χ1v) is 25.6. The van der Waals surface area contributed by atoms with Crippen molar-refractivity contribution in [2.24, 2.45) is 5.73 Å². The summed E-state index contributed by atoms with van der Waals surface area (Å²) >= 11 is 9.80. The van der Waals surface area contributed by atoms with Crippen molar-refractivity contribution in [1.82, 2.24) is 26.6 Å². The highest BCUT2D eigenvalue weighted by atomic mass is 32.1. The molecule has 0 fully saturated rings. The van der Waals surface area contributed by atoms with Crippen LogP contribution in [0.2, 0.25) is 0 Å². The first-order chi connectivity index (χ1) is 38.4. The van der Waals surface area contributed by atoms with Crippen molar-refractivity contribution in [3.05, 3.63) is 0 Å². The molecule has 0 aliphatic rings. The number of aliphatic hydroxyl groups excluding tert-OH is 2. The van der Waals surface area contributed by atoms with Gasteiger partial charge in [0, 0.05) is 78.4 Å². The quantitative estimate of drug-likeness (QED) is 0.00624. The maximum Gasteiger partial charge on any atom is 0.407 e. The maximum atomic E-state index is 11.9. The Balaban J connectivity index is -0.000000356. The van der Waals surface area contributed by atoms with Gasteiger partial charge in [0.05, 0.1) is 87.4 Å². The number of methoxy groups -OCH3 is 3. The predicted octanol–water partition coefficient (Wildman–Crippen LogP) is -1.71. The Kier molecular flexibility index (Phi) is 69.1. The predicted molar refractivity (Wildman–Crippen MR) is 297 cm³/mol. The van der Waals surface area contributed by atoms with Crippen LogP contribution in [0.25, 0.3) is 0 Å². The number of hydrogen-bond acceptors (Lipinski definition) is 27. The van der Waals surface area contributed by atoms with Gasteiger partial charge in [-0.15, -0.1) is 0 Å². The van der Waals surface area contributed by atoms with E-state index in [9.17, 15) is 38.4 Å². The van der Waals surface area contributed by atoms with E-state index in [1.165, 1.54) is 21.3 Å². The topological polar surface area (TPSA) is 383 Å². The zero-order valence-corrected chi connectivity index (χ0v) is 47.8. The lowest BCUT2D eigenvalue weighted by molar-refractivity contribution is -0.142. The Morgan fingerprint density at radius 1 is 0.519 bits per heavy atom. The monoisotopic (exact) mass is 1190 g/mol. The van der Waals surface area contributed by atoms with Crippen LogP contribution < -0.4 is 32.3 Å². The molecule has 0 saturated heterocycles. The van der Waals surface area contributed by atoms with Gasteiger partial charge in [0.25, 0.3) is 0 Å². The number of rotatable bonds is 44. The molecule has 0 aromatic rings. The normalized spacial score (nSPS) is 10.1. The van der Waals surface area contributed by atoms with Gasteiger partial charge < -0.3 is 129 Å². The molecule has 0 unspecified atom stereocenters. The molecule has 0 spiro atoms. The number of thiol groups is 1. The average molecular weight is 1190 g/mol. The van der Waals surface area contributed by atoms with E-state index in [1.807, 2.05) is 0 Å². The second-order valence-electron chi connectivity index (χ2n) is 14.2. The van der Waals surface area contributed by atoms with Crippen LogP contribution in [0.4, 0.5) is 24.0 Å². The summed E-state index contributed by atoms with van der Waals surface area (Å²) in [5.41, 5.74) is 9.37. The Morgan fingerprint density at radius 2 is 0.810 bits per heavy atom. The summed E-state index contributed by atoms with van der Waals surface area (Å²) in [5.74, 6) is -2.79. The summed E-state index contributed by atoms with van der Waals surface area (Å²) in [6, 6.07) is 0. The smallest absolute Gasteiger partial charge is 0.407 e. The molecular weight excluding hydrogens is 1110 g/mol. The molecule has 0 aromatic heterocycles. The summed E-state index contributed by atoms with van der Waals surface area (Å²) in [4.78, 5) is 87.5. The van der Waals surface area contributed by atoms with Crippen molar-refractivity contribution >= 4 is 119 Å². The van der Waals surface area contributed by atoms with Crippen molar-refractivity contribution in [3.8, 4) is 0 Å². The van der Waals surface area contributed by atoms with Crippen LogP contribution in [-0.2, 0) is 76.0 Å². The number of carbonyl (C=O) groups excluding carboxylic acids is 8. The van der Waals surface area contributed by atoms with Gasteiger partial charge in [-0.1, -0.05) is 0 Å². The molecule has 0 aromatic carbocycles. The van der Waals surface area contributed by atoms with Gasteiger partial charge in [-0.2, -0.15) is 12.5 Å². The van der Waals surface area contributed by atoms with E-state index in [1.54, 1.807) is 6.26 Å². The fraction of sp³-hybridized carbons (Fsp3) is 0.773. The number of alkyl carbamates (subject to hydrolysis) is 2. The standard InChI is InChI=1S/C20H34B2N4O11.C10H14O5S2.C8H16O5.C5H11BN2O2.CH4S/c1-32-16(27)3-2-8-35-15(13-36-19(30)25-6-11-33-9-4-23-17(21)28)14-37-20(31)26-7-12-34-10-5-24-18(22)29;1-12-10(11)3-2-4-15-9(5-13-7-16)6-14-8-17;1-12-8(11)3-2-4-13-7(5-9)6-10;6-5(9)8-2-4-10-3-1-7;1-2/h15H,2-14H2,1H3,(H,23,28)(H,24,29)(H,25,30)(H,26,31);9H,2-6H2,1H3;7,9-10H,2-6H2,1H3;1-4,7H2,(H,8,9);2H,1H3/q;-2;;;/i/hD. The van der Waals surface area contributed by atoms with E-state index in [-0.39, 0.29) is 123 Å². The fourth-order valence-electron chi connectivity index (χ4n) is 4.43. The van der Waals surface area contributed by atoms with E-state index < -0.39 is 47.8 Å². The SMILES string of the molecule is COC(=O)CCCOC(CO)CO.COC(=O)CCCOC(CO[C-]=S)CO[C-]=S.[2H]SC.[B]C(=O)NCCOCCN.[B]C(=O)NCCOCCNC(=O)OCC(COC(=O)NCCOCCNC([B])=O)OCCCC(=O)OC. The lowest BCUT2D eigenvalue weighted by atomic mass is 10.1. The third-order valence-corrected chi connectivity index (χ3v) is 8.35. The molecule has 0 aliphatic heterocycles. The molecule has 6 radical (unpaired) electrons. The Hall–Kier alpha value is -4.68. The van der Waals surface area contributed by atoms with Crippen molar-refractivity contribution in [3.63, 3.8) is 0 Å². The van der Waals surface area contributed by atoms with Crippen molar-refractivity contribution in [2.75, 3.05) is 166 Å². The van der Waals surface area contributed by atoms with E-state index in [0.717, 1.165) is 12.5 Å². The molecule has 35 heteroatoms. The van der Waals surface area contributed by atoms with Crippen LogP contribution in [0.15, 0.2) is 0 Å².